The third kappa shape index (κ3) is 10.3. The van der Waals surface area contributed by atoms with Crippen LogP contribution in [0.3, 0.4) is 0 Å². The lowest BCUT2D eigenvalue weighted by Gasteiger charge is -2.17. The smallest absolute Gasteiger partial charge is 0.355 e. The van der Waals surface area contributed by atoms with Gasteiger partial charge in [0.05, 0.1) is 13.1 Å². The molecular formula is C11H22F3N3O. The van der Waals surface area contributed by atoms with E-state index in [1.54, 1.807) is 0 Å². The van der Waals surface area contributed by atoms with Crippen molar-refractivity contribution < 1.29 is 18.0 Å². The zero-order chi connectivity index (χ0) is 14.0. The quantitative estimate of drug-likeness (QED) is 0.613. The highest BCUT2D eigenvalue weighted by Crippen LogP contribution is 2.11. The van der Waals surface area contributed by atoms with Crippen LogP contribution in [0.4, 0.5) is 13.2 Å². The van der Waals surface area contributed by atoms with Gasteiger partial charge in [-0.1, -0.05) is 13.8 Å². The Bertz CT molecular complexity index is 230. The van der Waals surface area contributed by atoms with Crippen molar-refractivity contribution in [2.45, 2.75) is 26.4 Å². The Kier molecular flexibility index (Phi) is 8.74. The Morgan fingerprint density at radius 2 is 1.83 bits per heavy atom. The molecule has 0 spiro atoms. The SMILES string of the molecule is CCN(CC)CCCNC(=O)CNCC(F)(F)F. The molecule has 0 aromatic heterocycles. The molecule has 0 saturated carbocycles. The Morgan fingerprint density at radius 3 is 2.33 bits per heavy atom. The molecule has 18 heavy (non-hydrogen) atoms. The first kappa shape index (κ1) is 17.2. The van der Waals surface area contributed by atoms with Gasteiger partial charge >= 0.3 is 6.18 Å². The highest BCUT2D eigenvalue weighted by molar-refractivity contribution is 5.77. The van der Waals surface area contributed by atoms with Crippen molar-refractivity contribution in [1.82, 2.24) is 15.5 Å². The van der Waals surface area contributed by atoms with Gasteiger partial charge in [0, 0.05) is 6.54 Å². The Labute approximate surface area is 106 Å². The van der Waals surface area contributed by atoms with E-state index >= 15 is 0 Å². The summed E-state index contributed by atoms with van der Waals surface area (Å²) in [6.45, 7) is 5.96. The van der Waals surface area contributed by atoms with Crippen molar-refractivity contribution in [3.05, 3.63) is 0 Å². The fourth-order valence-electron chi connectivity index (χ4n) is 1.45. The second-order valence-corrected chi connectivity index (χ2v) is 3.95. The summed E-state index contributed by atoms with van der Waals surface area (Å²) in [5, 5.41) is 4.63. The summed E-state index contributed by atoms with van der Waals surface area (Å²) < 4.78 is 35.3. The summed E-state index contributed by atoms with van der Waals surface area (Å²) in [5.74, 6) is -0.404. The van der Waals surface area contributed by atoms with Crippen LogP contribution in [0.1, 0.15) is 20.3 Å². The van der Waals surface area contributed by atoms with Crippen LogP contribution in [-0.4, -0.2) is 56.3 Å². The van der Waals surface area contributed by atoms with Gasteiger partial charge in [-0.15, -0.1) is 0 Å². The minimum atomic E-state index is -4.27. The number of halogens is 3. The Balaban J connectivity index is 3.48. The van der Waals surface area contributed by atoms with Gasteiger partial charge in [0.25, 0.3) is 0 Å². The van der Waals surface area contributed by atoms with Crippen LogP contribution < -0.4 is 10.6 Å². The van der Waals surface area contributed by atoms with E-state index in [2.05, 4.69) is 24.1 Å². The molecule has 0 bridgehead atoms. The molecule has 0 radical (unpaired) electrons. The van der Waals surface area contributed by atoms with Crippen molar-refractivity contribution >= 4 is 5.91 Å². The van der Waals surface area contributed by atoms with Gasteiger partial charge in [-0.25, -0.2) is 0 Å². The average Bonchev–Trinajstić information content (AvgIpc) is 2.27. The van der Waals surface area contributed by atoms with Crippen LogP contribution in [0, 0.1) is 0 Å². The zero-order valence-corrected chi connectivity index (χ0v) is 10.9. The molecule has 0 rings (SSSR count). The number of nitrogens with zero attached hydrogens (tertiary/aromatic N) is 1. The fourth-order valence-corrected chi connectivity index (χ4v) is 1.45. The second kappa shape index (κ2) is 9.16. The van der Waals surface area contributed by atoms with E-state index in [0.29, 0.717) is 6.54 Å². The molecule has 0 aliphatic carbocycles. The molecular weight excluding hydrogens is 247 g/mol. The molecule has 0 unspecified atom stereocenters. The minimum absolute atomic E-state index is 0.301. The molecule has 0 fully saturated rings. The summed E-state index contributed by atoms with van der Waals surface area (Å²) in [5.41, 5.74) is 0. The van der Waals surface area contributed by atoms with Crippen LogP contribution in [0.5, 0.6) is 0 Å². The number of rotatable bonds is 9. The van der Waals surface area contributed by atoms with Crippen LogP contribution in [-0.2, 0) is 4.79 Å². The molecule has 0 heterocycles. The lowest BCUT2D eigenvalue weighted by atomic mass is 10.3. The molecule has 1 amide bonds. The van der Waals surface area contributed by atoms with Crippen LogP contribution in [0.2, 0.25) is 0 Å². The molecule has 0 aliphatic heterocycles. The summed E-state index contributed by atoms with van der Waals surface area (Å²) in [7, 11) is 0. The standard InChI is InChI=1S/C11H22F3N3O/c1-3-17(4-2)7-5-6-16-10(18)8-15-9-11(12,13)14/h15H,3-9H2,1-2H3,(H,16,18). The highest BCUT2D eigenvalue weighted by atomic mass is 19.4. The van der Waals surface area contributed by atoms with Gasteiger partial charge in [-0.2, -0.15) is 13.2 Å². The van der Waals surface area contributed by atoms with Gasteiger partial charge in [0.1, 0.15) is 0 Å². The molecule has 4 nitrogen and oxygen atoms in total. The number of amides is 1. The minimum Gasteiger partial charge on any atom is -0.355 e. The lowest BCUT2D eigenvalue weighted by Crippen LogP contribution is -2.39. The van der Waals surface area contributed by atoms with E-state index in [0.717, 1.165) is 26.1 Å². The molecule has 0 aromatic rings. The van der Waals surface area contributed by atoms with E-state index in [1.165, 1.54) is 0 Å². The monoisotopic (exact) mass is 269 g/mol. The molecule has 0 aliphatic rings. The van der Waals surface area contributed by atoms with Crippen molar-refractivity contribution in [2.24, 2.45) is 0 Å². The maximum Gasteiger partial charge on any atom is 0.401 e. The van der Waals surface area contributed by atoms with Crippen LogP contribution in [0.25, 0.3) is 0 Å². The number of hydrogen-bond acceptors (Lipinski definition) is 3. The van der Waals surface area contributed by atoms with Gasteiger partial charge in [0.15, 0.2) is 0 Å². The predicted octanol–water partition coefficient (Wildman–Crippen LogP) is 0.986. The number of hydrogen-bond donors (Lipinski definition) is 2. The van der Waals surface area contributed by atoms with E-state index in [-0.39, 0.29) is 6.54 Å². The molecule has 108 valence electrons. The van der Waals surface area contributed by atoms with E-state index < -0.39 is 18.6 Å². The third-order valence-electron chi connectivity index (χ3n) is 2.48. The number of alkyl halides is 3. The van der Waals surface area contributed by atoms with Crippen LogP contribution in [0.15, 0.2) is 0 Å². The zero-order valence-electron chi connectivity index (χ0n) is 10.9. The molecule has 7 heteroatoms. The number of carbonyl (C=O) groups is 1. The first-order valence-electron chi connectivity index (χ1n) is 6.15. The normalized spacial score (nSPS) is 11.9. The molecule has 2 N–H and O–H groups in total. The van der Waals surface area contributed by atoms with Crippen molar-refractivity contribution in [1.29, 1.82) is 0 Å². The number of carbonyl (C=O) groups excluding carboxylic acids is 1. The first-order chi connectivity index (χ1) is 8.39. The molecule has 0 saturated heterocycles. The topological polar surface area (TPSA) is 44.4 Å². The highest BCUT2D eigenvalue weighted by Gasteiger charge is 2.26. The molecule has 0 atom stereocenters. The van der Waals surface area contributed by atoms with Crippen molar-refractivity contribution in [3.63, 3.8) is 0 Å². The first-order valence-corrected chi connectivity index (χ1v) is 6.15. The summed E-state index contributed by atoms with van der Waals surface area (Å²) >= 11 is 0. The lowest BCUT2D eigenvalue weighted by molar-refractivity contribution is -0.128. The van der Waals surface area contributed by atoms with Gasteiger partial charge < -0.3 is 15.5 Å². The Hall–Kier alpha value is -0.820. The maximum atomic E-state index is 11.8. The summed E-state index contributed by atoms with van der Waals surface area (Å²) in [6.07, 6.45) is -3.48. The third-order valence-corrected chi connectivity index (χ3v) is 2.48. The van der Waals surface area contributed by atoms with E-state index in [1.807, 2.05) is 5.32 Å². The maximum absolute atomic E-state index is 11.8. The van der Waals surface area contributed by atoms with Gasteiger partial charge in [-0.05, 0) is 26.1 Å². The average molecular weight is 269 g/mol. The van der Waals surface area contributed by atoms with Gasteiger partial charge in [0.2, 0.25) is 5.91 Å². The van der Waals surface area contributed by atoms with Gasteiger partial charge in [-0.3, -0.25) is 4.79 Å². The van der Waals surface area contributed by atoms with Crippen LogP contribution >= 0.6 is 0 Å². The van der Waals surface area contributed by atoms with E-state index in [9.17, 15) is 18.0 Å². The largest absolute Gasteiger partial charge is 0.401 e. The second-order valence-electron chi connectivity index (χ2n) is 3.95. The summed E-state index contributed by atoms with van der Waals surface area (Å²) in [6, 6.07) is 0. The predicted molar refractivity (Wildman–Crippen MR) is 64.3 cm³/mol. The fraction of sp³-hybridized carbons (Fsp3) is 0.909. The molecule has 0 aromatic carbocycles. The van der Waals surface area contributed by atoms with E-state index in [4.69, 9.17) is 0 Å². The Morgan fingerprint density at radius 1 is 1.22 bits per heavy atom. The van der Waals surface area contributed by atoms with Crippen molar-refractivity contribution in [2.75, 3.05) is 39.3 Å². The summed E-state index contributed by atoms with van der Waals surface area (Å²) in [4.78, 5) is 13.4. The number of nitrogens with one attached hydrogen (secondary N) is 2. The van der Waals surface area contributed by atoms with Crippen molar-refractivity contribution in [3.8, 4) is 0 Å².